The number of pyridine rings is 1. The van der Waals surface area contributed by atoms with E-state index in [9.17, 15) is 0 Å². The minimum atomic E-state index is 0.636. The number of aryl methyl sites for hydroxylation is 1. The topological polar surface area (TPSA) is 25.4 Å². The highest BCUT2D eigenvalue weighted by Gasteiger charge is 2.20. The Morgan fingerprint density at radius 1 is 1.04 bits per heavy atom. The Labute approximate surface area is 156 Å². The molecule has 0 spiro atoms. The first-order valence-electron chi connectivity index (χ1n) is 9.89. The maximum atomic E-state index is 6.26. The van der Waals surface area contributed by atoms with Crippen LogP contribution in [0.2, 0.25) is 0 Å². The van der Waals surface area contributed by atoms with Gasteiger partial charge in [0.25, 0.3) is 0 Å². The number of rotatable bonds is 5. The minimum Gasteiger partial charge on any atom is -0.477 e. The molecule has 0 N–H and O–H groups in total. The van der Waals surface area contributed by atoms with Crippen LogP contribution in [0.5, 0.6) is 5.88 Å². The molecule has 0 bridgehead atoms. The van der Waals surface area contributed by atoms with Crippen LogP contribution in [-0.2, 0) is 0 Å². The molecular weight excluding hydrogens is 320 g/mol. The summed E-state index contributed by atoms with van der Waals surface area (Å²) in [6.07, 6.45) is 3.70. The fraction of sp³-hybridized carbons (Fsp3) is 0.435. The van der Waals surface area contributed by atoms with E-state index in [0.29, 0.717) is 5.92 Å². The van der Waals surface area contributed by atoms with Gasteiger partial charge >= 0.3 is 0 Å². The van der Waals surface area contributed by atoms with Crippen LogP contribution in [0.1, 0.15) is 31.7 Å². The third-order valence-electron chi connectivity index (χ3n) is 5.52. The molecular formula is C23H28N2O. The van der Waals surface area contributed by atoms with Gasteiger partial charge in [-0.2, -0.15) is 0 Å². The number of nitrogens with zero attached hydrogens (tertiary/aromatic N) is 2. The summed E-state index contributed by atoms with van der Waals surface area (Å²) in [5, 5.41) is 3.56. The van der Waals surface area contributed by atoms with Gasteiger partial charge in [0.2, 0.25) is 5.88 Å². The van der Waals surface area contributed by atoms with Gasteiger partial charge in [-0.15, -0.1) is 0 Å². The maximum absolute atomic E-state index is 6.26. The second kappa shape index (κ2) is 7.63. The molecule has 1 saturated heterocycles. The van der Waals surface area contributed by atoms with Gasteiger partial charge in [-0.3, -0.25) is 0 Å². The molecule has 1 aliphatic rings. The van der Waals surface area contributed by atoms with Crippen molar-refractivity contribution in [2.24, 2.45) is 5.92 Å². The van der Waals surface area contributed by atoms with Gasteiger partial charge in [-0.05, 0) is 75.3 Å². The lowest BCUT2D eigenvalue weighted by Gasteiger charge is -2.31. The summed E-state index contributed by atoms with van der Waals surface area (Å²) in [7, 11) is 0. The molecule has 3 nitrogen and oxygen atoms in total. The molecule has 2 heterocycles. The zero-order chi connectivity index (χ0) is 17.9. The van der Waals surface area contributed by atoms with Crippen molar-refractivity contribution in [3.05, 3.63) is 48.0 Å². The zero-order valence-corrected chi connectivity index (χ0v) is 15.9. The van der Waals surface area contributed by atoms with E-state index in [1.807, 2.05) is 0 Å². The van der Waals surface area contributed by atoms with Gasteiger partial charge in [-0.1, -0.05) is 36.8 Å². The predicted octanol–water partition coefficient (Wildman–Crippen LogP) is 5.20. The highest BCUT2D eigenvalue weighted by atomic mass is 16.5. The summed E-state index contributed by atoms with van der Waals surface area (Å²) in [6.45, 7) is 8.79. The largest absolute Gasteiger partial charge is 0.477 e. The van der Waals surface area contributed by atoms with E-state index in [1.165, 1.54) is 55.2 Å². The van der Waals surface area contributed by atoms with Crippen LogP contribution in [0.15, 0.2) is 42.5 Å². The van der Waals surface area contributed by atoms with E-state index in [-0.39, 0.29) is 0 Å². The van der Waals surface area contributed by atoms with Crippen LogP contribution >= 0.6 is 0 Å². The first-order chi connectivity index (χ1) is 12.7. The van der Waals surface area contributed by atoms with E-state index in [4.69, 9.17) is 9.72 Å². The van der Waals surface area contributed by atoms with Gasteiger partial charge in [-0.25, -0.2) is 4.98 Å². The molecule has 2 aromatic carbocycles. The molecule has 0 radical (unpaired) electrons. The van der Waals surface area contributed by atoms with Gasteiger partial charge in [0.05, 0.1) is 12.1 Å². The van der Waals surface area contributed by atoms with Crippen molar-refractivity contribution in [3.63, 3.8) is 0 Å². The van der Waals surface area contributed by atoms with Crippen LogP contribution in [0.4, 0.5) is 0 Å². The Morgan fingerprint density at radius 3 is 2.58 bits per heavy atom. The third kappa shape index (κ3) is 3.54. The molecule has 0 aliphatic carbocycles. The molecule has 0 saturated carbocycles. The number of hydrogen-bond donors (Lipinski definition) is 0. The number of benzene rings is 2. The summed E-state index contributed by atoms with van der Waals surface area (Å²) < 4.78 is 6.26. The van der Waals surface area contributed by atoms with Crippen LogP contribution in [0.25, 0.3) is 21.7 Å². The maximum Gasteiger partial charge on any atom is 0.221 e. The Morgan fingerprint density at radius 2 is 1.81 bits per heavy atom. The molecule has 4 rings (SSSR count). The highest BCUT2D eigenvalue weighted by molar-refractivity contribution is 6.07. The Balaban J connectivity index is 1.55. The Bertz CT molecular complexity index is 897. The van der Waals surface area contributed by atoms with Crippen molar-refractivity contribution in [1.29, 1.82) is 0 Å². The van der Waals surface area contributed by atoms with Gasteiger partial charge in [0.1, 0.15) is 0 Å². The van der Waals surface area contributed by atoms with Crippen LogP contribution < -0.4 is 4.74 Å². The Hall–Kier alpha value is -2.13. The van der Waals surface area contributed by atoms with Crippen molar-refractivity contribution in [1.82, 2.24) is 9.88 Å². The van der Waals surface area contributed by atoms with Crippen molar-refractivity contribution >= 4 is 21.7 Å². The van der Waals surface area contributed by atoms with E-state index in [1.54, 1.807) is 0 Å². The number of likely N-dealkylation sites (tertiary alicyclic amines) is 1. The molecule has 3 aromatic rings. The lowest BCUT2D eigenvalue weighted by Crippen LogP contribution is -2.35. The molecule has 0 amide bonds. The summed E-state index contributed by atoms with van der Waals surface area (Å²) in [5.41, 5.74) is 2.28. The monoisotopic (exact) mass is 348 g/mol. The first-order valence-corrected chi connectivity index (χ1v) is 9.89. The second-order valence-corrected chi connectivity index (χ2v) is 7.58. The fourth-order valence-corrected chi connectivity index (χ4v) is 4.04. The first kappa shape index (κ1) is 17.3. The minimum absolute atomic E-state index is 0.636. The Kier molecular flexibility index (Phi) is 5.07. The molecule has 0 atom stereocenters. The summed E-state index contributed by atoms with van der Waals surface area (Å²) in [4.78, 5) is 7.41. The molecule has 3 heteroatoms. The van der Waals surface area contributed by atoms with Crippen molar-refractivity contribution in [2.45, 2.75) is 33.1 Å². The van der Waals surface area contributed by atoms with E-state index < -0.39 is 0 Å². The smallest absolute Gasteiger partial charge is 0.221 e. The number of hydrogen-bond acceptors (Lipinski definition) is 3. The highest BCUT2D eigenvalue weighted by Crippen LogP contribution is 2.31. The number of aromatic nitrogens is 1. The summed E-state index contributed by atoms with van der Waals surface area (Å²) in [5.74, 6) is 1.42. The third-order valence-corrected chi connectivity index (χ3v) is 5.52. The van der Waals surface area contributed by atoms with E-state index in [2.05, 4.69) is 61.2 Å². The van der Waals surface area contributed by atoms with Crippen molar-refractivity contribution < 1.29 is 4.74 Å². The molecule has 136 valence electrons. The lowest BCUT2D eigenvalue weighted by molar-refractivity contribution is 0.140. The fourth-order valence-electron chi connectivity index (χ4n) is 4.04. The lowest BCUT2D eigenvalue weighted by atomic mass is 9.97. The van der Waals surface area contributed by atoms with Crippen LogP contribution in [-0.4, -0.2) is 36.1 Å². The standard InChI is InChI=1S/C23H28N2O/c1-3-12-25-13-10-18(11-14-25)16-26-23-20-7-5-4-6-19(20)21-15-17(2)8-9-22(21)24-23/h4-9,15,18H,3,10-14,16H2,1-2H3. The van der Waals surface area contributed by atoms with Gasteiger partial charge < -0.3 is 9.64 Å². The quantitative estimate of drug-likeness (QED) is 0.593. The SMILES string of the molecule is CCCN1CCC(COc2nc3ccc(C)cc3c3ccccc23)CC1. The van der Waals surface area contributed by atoms with E-state index >= 15 is 0 Å². The summed E-state index contributed by atoms with van der Waals surface area (Å²) >= 11 is 0. The van der Waals surface area contributed by atoms with Gasteiger partial charge in [0, 0.05) is 10.8 Å². The second-order valence-electron chi connectivity index (χ2n) is 7.58. The van der Waals surface area contributed by atoms with Gasteiger partial charge in [0.15, 0.2) is 0 Å². The van der Waals surface area contributed by atoms with Crippen molar-refractivity contribution in [2.75, 3.05) is 26.2 Å². The average molecular weight is 348 g/mol. The van der Waals surface area contributed by atoms with Crippen molar-refractivity contribution in [3.8, 4) is 5.88 Å². The molecule has 1 fully saturated rings. The molecule has 1 aromatic heterocycles. The zero-order valence-electron chi connectivity index (χ0n) is 15.9. The predicted molar refractivity (Wildman–Crippen MR) is 109 cm³/mol. The molecule has 1 aliphatic heterocycles. The number of fused-ring (bicyclic) bond motifs is 3. The normalized spacial score (nSPS) is 16.4. The summed E-state index contributed by atoms with van der Waals surface area (Å²) in [6, 6.07) is 14.9. The molecule has 26 heavy (non-hydrogen) atoms. The van der Waals surface area contributed by atoms with Crippen LogP contribution in [0.3, 0.4) is 0 Å². The average Bonchev–Trinajstić information content (AvgIpc) is 2.68. The number of ether oxygens (including phenoxy) is 1. The number of piperidine rings is 1. The van der Waals surface area contributed by atoms with Crippen LogP contribution in [0, 0.1) is 12.8 Å². The van der Waals surface area contributed by atoms with E-state index in [0.717, 1.165) is 23.4 Å². The molecule has 0 unspecified atom stereocenters.